The van der Waals surface area contributed by atoms with Gasteiger partial charge in [0.1, 0.15) is 17.3 Å². The Morgan fingerprint density at radius 1 is 1.12 bits per heavy atom. The predicted molar refractivity (Wildman–Crippen MR) is 126 cm³/mol. The molecule has 0 unspecified atom stereocenters. The highest BCUT2D eigenvalue weighted by atomic mass is 32.1. The molecule has 32 heavy (non-hydrogen) atoms. The lowest BCUT2D eigenvalue weighted by Gasteiger charge is -2.19. The van der Waals surface area contributed by atoms with E-state index in [0.29, 0.717) is 47.7 Å². The van der Waals surface area contributed by atoms with E-state index in [9.17, 15) is 9.18 Å². The van der Waals surface area contributed by atoms with Crippen LogP contribution in [0.25, 0.3) is 0 Å². The number of hydrogen-bond donors (Lipinski definition) is 3. The van der Waals surface area contributed by atoms with Crippen LogP contribution in [0.1, 0.15) is 37.0 Å². The molecular formula is C23H28FN3O4S. The van der Waals surface area contributed by atoms with Gasteiger partial charge < -0.3 is 30.2 Å². The Balaban J connectivity index is 1.79. The van der Waals surface area contributed by atoms with Crippen LogP contribution < -0.4 is 25.4 Å². The molecule has 1 heterocycles. The molecule has 0 radical (unpaired) electrons. The van der Waals surface area contributed by atoms with E-state index in [-0.39, 0.29) is 11.7 Å². The van der Waals surface area contributed by atoms with Gasteiger partial charge in [-0.25, -0.2) is 4.39 Å². The van der Waals surface area contributed by atoms with Gasteiger partial charge in [0.25, 0.3) is 5.91 Å². The molecule has 172 valence electrons. The molecule has 1 amide bonds. The van der Waals surface area contributed by atoms with E-state index in [1.54, 1.807) is 12.1 Å². The van der Waals surface area contributed by atoms with Crippen molar-refractivity contribution in [2.45, 2.75) is 32.8 Å². The van der Waals surface area contributed by atoms with Crippen LogP contribution >= 0.6 is 12.2 Å². The number of ether oxygens (including phenoxy) is 3. The summed E-state index contributed by atoms with van der Waals surface area (Å²) in [6, 6.07) is 8.86. The number of benzene rings is 2. The normalized spacial score (nSPS) is 15.2. The highest BCUT2D eigenvalue weighted by Crippen LogP contribution is 2.37. The second kappa shape index (κ2) is 11.6. The van der Waals surface area contributed by atoms with Crippen molar-refractivity contribution in [3.8, 4) is 11.5 Å². The number of carbonyl (C=O) groups excluding carboxylic acids is 1. The van der Waals surface area contributed by atoms with Gasteiger partial charge in [0, 0.05) is 30.8 Å². The van der Waals surface area contributed by atoms with Gasteiger partial charge in [0.2, 0.25) is 0 Å². The monoisotopic (exact) mass is 461 g/mol. The summed E-state index contributed by atoms with van der Waals surface area (Å²) in [7, 11) is 0. The molecule has 2 aromatic carbocycles. The summed E-state index contributed by atoms with van der Waals surface area (Å²) in [5.41, 5.74) is 1.21. The standard InChI is InChI=1S/C23H28FN3O4S/c1-3-29-20-13-19(27-23(32)25-14-17-9-6-10-31-17)21(30-4-2)12-18(20)26-22(28)15-7-5-8-16(24)11-15/h5,7-8,11-13,17H,3-4,6,9-10,14H2,1-2H3,(H,26,28)(H2,25,27,32)/t17-/m0/s1. The van der Waals surface area contributed by atoms with Crippen molar-refractivity contribution in [3.05, 3.63) is 47.8 Å². The van der Waals surface area contributed by atoms with Crippen LogP contribution in [-0.2, 0) is 4.74 Å². The van der Waals surface area contributed by atoms with Crippen molar-refractivity contribution in [2.24, 2.45) is 0 Å². The van der Waals surface area contributed by atoms with E-state index in [4.69, 9.17) is 26.4 Å². The van der Waals surface area contributed by atoms with Crippen molar-refractivity contribution in [2.75, 3.05) is 37.0 Å². The van der Waals surface area contributed by atoms with Crippen molar-refractivity contribution >= 4 is 34.6 Å². The molecule has 3 rings (SSSR count). The summed E-state index contributed by atoms with van der Waals surface area (Å²) < 4.78 is 30.6. The van der Waals surface area contributed by atoms with E-state index in [1.165, 1.54) is 24.3 Å². The third-order valence-electron chi connectivity index (χ3n) is 4.78. The zero-order valence-corrected chi connectivity index (χ0v) is 19.0. The molecule has 0 bridgehead atoms. The van der Waals surface area contributed by atoms with Gasteiger partial charge in [-0.05, 0) is 57.1 Å². The van der Waals surface area contributed by atoms with Crippen LogP contribution in [0.3, 0.4) is 0 Å². The zero-order chi connectivity index (χ0) is 22.9. The van der Waals surface area contributed by atoms with Crippen LogP contribution in [0, 0.1) is 5.82 Å². The maximum Gasteiger partial charge on any atom is 0.255 e. The van der Waals surface area contributed by atoms with Gasteiger partial charge >= 0.3 is 0 Å². The minimum atomic E-state index is -0.485. The van der Waals surface area contributed by atoms with Gasteiger partial charge in [-0.15, -0.1) is 0 Å². The molecule has 1 fully saturated rings. The first-order valence-corrected chi connectivity index (χ1v) is 11.1. The molecule has 0 aromatic heterocycles. The first kappa shape index (κ1) is 23.7. The van der Waals surface area contributed by atoms with Gasteiger partial charge in [0.15, 0.2) is 5.11 Å². The van der Waals surface area contributed by atoms with Crippen LogP contribution in [0.4, 0.5) is 15.8 Å². The summed E-state index contributed by atoms with van der Waals surface area (Å²) in [6.07, 6.45) is 2.22. The first-order chi connectivity index (χ1) is 15.5. The van der Waals surface area contributed by atoms with Crippen molar-refractivity contribution < 1.29 is 23.4 Å². The summed E-state index contributed by atoms with van der Waals surface area (Å²) in [6.45, 7) is 5.90. The number of rotatable bonds is 9. The highest BCUT2D eigenvalue weighted by molar-refractivity contribution is 7.80. The Morgan fingerprint density at radius 2 is 1.81 bits per heavy atom. The average molecular weight is 462 g/mol. The summed E-state index contributed by atoms with van der Waals surface area (Å²) in [4.78, 5) is 12.6. The largest absolute Gasteiger partial charge is 0.492 e. The number of hydrogen-bond acceptors (Lipinski definition) is 5. The fraction of sp³-hybridized carbons (Fsp3) is 0.391. The number of amides is 1. The van der Waals surface area contributed by atoms with Crippen LogP contribution in [0.15, 0.2) is 36.4 Å². The maximum absolute atomic E-state index is 13.5. The van der Waals surface area contributed by atoms with Gasteiger partial charge in [-0.2, -0.15) is 0 Å². The number of thiocarbonyl (C=S) groups is 1. The maximum atomic E-state index is 13.5. The molecule has 0 aliphatic carbocycles. The second-order valence-corrected chi connectivity index (χ2v) is 7.55. The van der Waals surface area contributed by atoms with E-state index in [2.05, 4.69) is 16.0 Å². The minimum absolute atomic E-state index is 0.153. The topological polar surface area (TPSA) is 80.8 Å². The Kier molecular flexibility index (Phi) is 8.64. The van der Waals surface area contributed by atoms with Crippen molar-refractivity contribution in [3.63, 3.8) is 0 Å². The lowest BCUT2D eigenvalue weighted by Crippen LogP contribution is -2.34. The Bertz CT molecular complexity index is 951. The Hall–Kier alpha value is -2.91. The molecule has 1 aliphatic heterocycles. The lowest BCUT2D eigenvalue weighted by atomic mass is 10.2. The first-order valence-electron chi connectivity index (χ1n) is 10.7. The number of carbonyl (C=O) groups is 1. The molecule has 0 spiro atoms. The quantitative estimate of drug-likeness (QED) is 0.479. The molecule has 1 saturated heterocycles. The van der Waals surface area contributed by atoms with Crippen LogP contribution in [0.2, 0.25) is 0 Å². The van der Waals surface area contributed by atoms with Gasteiger partial charge in [0.05, 0.1) is 30.7 Å². The Morgan fingerprint density at radius 3 is 2.41 bits per heavy atom. The zero-order valence-electron chi connectivity index (χ0n) is 18.2. The van der Waals surface area contributed by atoms with Crippen LogP contribution in [0.5, 0.6) is 11.5 Å². The molecular weight excluding hydrogens is 433 g/mol. The molecule has 3 N–H and O–H groups in total. The average Bonchev–Trinajstić information content (AvgIpc) is 3.29. The molecule has 9 heteroatoms. The molecule has 0 saturated carbocycles. The highest BCUT2D eigenvalue weighted by Gasteiger charge is 2.18. The third kappa shape index (κ3) is 6.54. The summed E-state index contributed by atoms with van der Waals surface area (Å²) >= 11 is 5.42. The summed E-state index contributed by atoms with van der Waals surface area (Å²) in [5, 5.41) is 9.50. The SMILES string of the molecule is CCOc1cc(NC(=S)NC[C@@H]2CCCO2)c(OCC)cc1NC(=O)c1cccc(F)c1. The van der Waals surface area contributed by atoms with E-state index < -0.39 is 11.7 Å². The molecule has 1 aliphatic rings. The summed E-state index contributed by atoms with van der Waals surface area (Å²) in [5.74, 6) is -0.0134. The second-order valence-electron chi connectivity index (χ2n) is 7.15. The van der Waals surface area contributed by atoms with Gasteiger partial charge in [-0.3, -0.25) is 4.79 Å². The van der Waals surface area contributed by atoms with Gasteiger partial charge in [-0.1, -0.05) is 6.07 Å². The molecule has 1 atom stereocenters. The number of halogens is 1. The Labute approximate surface area is 192 Å². The van der Waals surface area contributed by atoms with E-state index >= 15 is 0 Å². The fourth-order valence-corrected chi connectivity index (χ4v) is 3.50. The van der Waals surface area contributed by atoms with Crippen LogP contribution in [-0.4, -0.2) is 43.5 Å². The minimum Gasteiger partial charge on any atom is -0.492 e. The van der Waals surface area contributed by atoms with E-state index in [0.717, 1.165) is 19.4 Å². The van der Waals surface area contributed by atoms with Crippen molar-refractivity contribution in [1.82, 2.24) is 5.32 Å². The fourth-order valence-electron chi connectivity index (χ4n) is 3.31. The molecule has 2 aromatic rings. The number of anilines is 2. The predicted octanol–water partition coefficient (Wildman–Crippen LogP) is 4.34. The molecule has 7 nitrogen and oxygen atoms in total. The third-order valence-corrected chi connectivity index (χ3v) is 5.03. The van der Waals surface area contributed by atoms with Crippen molar-refractivity contribution in [1.29, 1.82) is 0 Å². The van der Waals surface area contributed by atoms with E-state index in [1.807, 2.05) is 13.8 Å². The number of nitrogens with one attached hydrogen (secondary N) is 3. The lowest BCUT2D eigenvalue weighted by molar-refractivity contribution is 0.102. The smallest absolute Gasteiger partial charge is 0.255 e.